The van der Waals surface area contributed by atoms with Crippen LogP contribution in [0.5, 0.6) is 0 Å². The van der Waals surface area contributed by atoms with Gasteiger partial charge in [-0.2, -0.15) is 0 Å². The van der Waals surface area contributed by atoms with Gasteiger partial charge in [-0.05, 0) is 7.05 Å². The second kappa shape index (κ2) is 4.69. The highest BCUT2D eigenvalue weighted by atomic mass is 35.5. The van der Waals surface area contributed by atoms with Gasteiger partial charge in [-0.3, -0.25) is 4.79 Å². The van der Waals surface area contributed by atoms with Crippen molar-refractivity contribution in [3.05, 3.63) is 0 Å². The molecule has 0 spiro atoms. The Labute approximate surface area is 68.8 Å². The Morgan fingerprint density at radius 1 is 1.40 bits per heavy atom. The van der Waals surface area contributed by atoms with Gasteiger partial charge in [0.1, 0.15) is 0 Å². The highest BCUT2D eigenvalue weighted by Crippen LogP contribution is 2.12. The SMILES string of the molecule is CNCC(=O)C(C)(C)C.Cl. The molecule has 0 aromatic carbocycles. The van der Waals surface area contributed by atoms with Gasteiger partial charge in [0.25, 0.3) is 0 Å². The van der Waals surface area contributed by atoms with Crippen LogP contribution in [0.15, 0.2) is 0 Å². The van der Waals surface area contributed by atoms with E-state index in [9.17, 15) is 4.79 Å². The number of carbonyl (C=O) groups excluding carboxylic acids is 1. The van der Waals surface area contributed by atoms with Gasteiger partial charge in [0, 0.05) is 5.41 Å². The highest BCUT2D eigenvalue weighted by molar-refractivity contribution is 5.85. The van der Waals surface area contributed by atoms with Crippen molar-refractivity contribution in [2.24, 2.45) is 5.41 Å². The van der Waals surface area contributed by atoms with Crippen molar-refractivity contribution < 1.29 is 4.79 Å². The van der Waals surface area contributed by atoms with Crippen LogP contribution in [0, 0.1) is 5.41 Å². The molecule has 3 heteroatoms. The van der Waals surface area contributed by atoms with Crippen LogP contribution < -0.4 is 5.32 Å². The standard InChI is InChI=1S/C7H15NO.ClH/c1-7(2,3)6(9)5-8-4;/h8H,5H2,1-4H3;1H. The summed E-state index contributed by atoms with van der Waals surface area (Å²) < 4.78 is 0. The Bertz CT molecular complexity index is 107. The molecule has 0 amide bonds. The molecule has 0 aliphatic rings. The first-order valence-corrected chi connectivity index (χ1v) is 3.16. The van der Waals surface area contributed by atoms with Crippen LogP contribution in [0.25, 0.3) is 0 Å². The average Bonchev–Trinajstić information content (AvgIpc) is 1.64. The van der Waals surface area contributed by atoms with Crippen molar-refractivity contribution in [2.45, 2.75) is 20.8 Å². The topological polar surface area (TPSA) is 29.1 Å². The number of Topliss-reactive ketones (excluding diaryl/α,β-unsaturated/α-hetero) is 1. The Balaban J connectivity index is 0. The van der Waals surface area contributed by atoms with E-state index in [1.807, 2.05) is 20.8 Å². The van der Waals surface area contributed by atoms with E-state index in [2.05, 4.69) is 5.32 Å². The van der Waals surface area contributed by atoms with Gasteiger partial charge in [0.05, 0.1) is 6.54 Å². The molecule has 0 aromatic rings. The van der Waals surface area contributed by atoms with E-state index >= 15 is 0 Å². The van der Waals surface area contributed by atoms with Crippen LogP contribution in [0.1, 0.15) is 20.8 Å². The molecule has 0 aliphatic heterocycles. The van der Waals surface area contributed by atoms with Crippen LogP contribution in [0.2, 0.25) is 0 Å². The third kappa shape index (κ3) is 4.77. The zero-order valence-electron chi connectivity index (χ0n) is 7.02. The van der Waals surface area contributed by atoms with Crippen molar-refractivity contribution in [2.75, 3.05) is 13.6 Å². The first kappa shape index (κ1) is 12.6. The van der Waals surface area contributed by atoms with E-state index in [0.717, 1.165) is 0 Å². The number of ketones is 1. The number of hydrogen-bond donors (Lipinski definition) is 1. The number of carbonyl (C=O) groups is 1. The smallest absolute Gasteiger partial charge is 0.151 e. The lowest BCUT2D eigenvalue weighted by molar-refractivity contribution is -0.125. The van der Waals surface area contributed by atoms with Gasteiger partial charge in [0.2, 0.25) is 0 Å². The first-order chi connectivity index (χ1) is 3.98. The lowest BCUT2D eigenvalue weighted by Gasteiger charge is -2.15. The number of hydrogen-bond acceptors (Lipinski definition) is 2. The summed E-state index contributed by atoms with van der Waals surface area (Å²) in [5.74, 6) is 0.255. The fraction of sp³-hybridized carbons (Fsp3) is 0.857. The summed E-state index contributed by atoms with van der Waals surface area (Å²) in [6.07, 6.45) is 0. The predicted molar refractivity (Wildman–Crippen MR) is 45.6 cm³/mol. The molecule has 0 rings (SSSR count). The first-order valence-electron chi connectivity index (χ1n) is 3.16. The van der Waals surface area contributed by atoms with Crippen LogP contribution in [0.4, 0.5) is 0 Å². The summed E-state index contributed by atoms with van der Waals surface area (Å²) in [5, 5.41) is 2.82. The lowest BCUT2D eigenvalue weighted by atomic mass is 9.91. The summed E-state index contributed by atoms with van der Waals surface area (Å²) in [7, 11) is 1.78. The van der Waals surface area contributed by atoms with Gasteiger partial charge < -0.3 is 5.32 Å². The zero-order valence-corrected chi connectivity index (χ0v) is 7.84. The van der Waals surface area contributed by atoms with Gasteiger partial charge in [0.15, 0.2) is 5.78 Å². The van der Waals surface area contributed by atoms with Gasteiger partial charge in [-0.1, -0.05) is 20.8 Å². The molecule has 0 radical (unpaired) electrons. The monoisotopic (exact) mass is 165 g/mol. The summed E-state index contributed by atoms with van der Waals surface area (Å²) in [6, 6.07) is 0. The van der Waals surface area contributed by atoms with Gasteiger partial charge in [-0.15, -0.1) is 12.4 Å². The van der Waals surface area contributed by atoms with Crippen molar-refractivity contribution in [1.82, 2.24) is 5.32 Å². The molecule has 0 bridgehead atoms. The van der Waals surface area contributed by atoms with E-state index in [4.69, 9.17) is 0 Å². The maximum absolute atomic E-state index is 11.0. The molecule has 0 unspecified atom stereocenters. The normalized spacial score (nSPS) is 10.4. The number of halogens is 1. The maximum atomic E-state index is 11.0. The molecule has 0 saturated heterocycles. The predicted octanol–water partition coefficient (Wildman–Crippen LogP) is 1.24. The lowest BCUT2D eigenvalue weighted by Crippen LogP contribution is -2.29. The number of likely N-dealkylation sites (N-methyl/N-ethyl adjacent to an activating group) is 1. The Morgan fingerprint density at radius 3 is 1.90 bits per heavy atom. The Kier molecular flexibility index (Phi) is 5.90. The second-order valence-corrected chi connectivity index (χ2v) is 3.20. The molecule has 0 fully saturated rings. The minimum atomic E-state index is -0.191. The largest absolute Gasteiger partial charge is 0.313 e. The van der Waals surface area contributed by atoms with E-state index in [-0.39, 0.29) is 23.6 Å². The van der Waals surface area contributed by atoms with Crippen LogP contribution in [-0.4, -0.2) is 19.4 Å². The van der Waals surface area contributed by atoms with Crippen LogP contribution in [-0.2, 0) is 4.79 Å². The van der Waals surface area contributed by atoms with Gasteiger partial charge in [-0.25, -0.2) is 0 Å². The van der Waals surface area contributed by atoms with E-state index in [1.54, 1.807) is 7.05 Å². The molecule has 1 N–H and O–H groups in total. The third-order valence-electron chi connectivity index (χ3n) is 1.17. The second-order valence-electron chi connectivity index (χ2n) is 3.20. The van der Waals surface area contributed by atoms with Crippen molar-refractivity contribution >= 4 is 18.2 Å². The molecule has 62 valence electrons. The van der Waals surface area contributed by atoms with Crippen molar-refractivity contribution in [3.8, 4) is 0 Å². The van der Waals surface area contributed by atoms with Crippen LogP contribution in [0.3, 0.4) is 0 Å². The Hall–Kier alpha value is -0.0800. The fourth-order valence-corrected chi connectivity index (χ4v) is 0.426. The molecule has 0 aliphatic carbocycles. The van der Waals surface area contributed by atoms with E-state index < -0.39 is 0 Å². The molecule has 2 nitrogen and oxygen atoms in total. The summed E-state index contributed by atoms with van der Waals surface area (Å²) in [4.78, 5) is 11.0. The number of rotatable bonds is 2. The molecule has 10 heavy (non-hydrogen) atoms. The Morgan fingerprint density at radius 2 is 1.80 bits per heavy atom. The third-order valence-corrected chi connectivity index (χ3v) is 1.17. The summed E-state index contributed by atoms with van der Waals surface area (Å²) >= 11 is 0. The van der Waals surface area contributed by atoms with Gasteiger partial charge >= 0.3 is 0 Å². The van der Waals surface area contributed by atoms with Crippen LogP contribution >= 0.6 is 12.4 Å². The quantitative estimate of drug-likeness (QED) is 0.667. The minimum Gasteiger partial charge on any atom is -0.313 e. The summed E-state index contributed by atoms with van der Waals surface area (Å²) in [5.41, 5.74) is -0.191. The average molecular weight is 166 g/mol. The maximum Gasteiger partial charge on any atom is 0.151 e. The molecule has 0 saturated carbocycles. The van der Waals surface area contributed by atoms with E-state index in [1.165, 1.54) is 0 Å². The number of nitrogens with one attached hydrogen (secondary N) is 1. The van der Waals surface area contributed by atoms with Crippen molar-refractivity contribution in [3.63, 3.8) is 0 Å². The minimum absolute atomic E-state index is 0. The fourth-order valence-electron chi connectivity index (χ4n) is 0.426. The van der Waals surface area contributed by atoms with E-state index in [0.29, 0.717) is 6.54 Å². The highest BCUT2D eigenvalue weighted by Gasteiger charge is 2.19. The molecule has 0 heterocycles. The molecule has 0 atom stereocenters. The summed E-state index contributed by atoms with van der Waals surface area (Å²) in [6.45, 7) is 6.25. The van der Waals surface area contributed by atoms with Crippen molar-refractivity contribution in [1.29, 1.82) is 0 Å². The zero-order chi connectivity index (χ0) is 7.49. The molecular formula is C7H16ClNO. The molecule has 0 aromatic heterocycles. The molecular weight excluding hydrogens is 150 g/mol.